The minimum Gasteiger partial charge on any atom is -0.504 e. The maximum atomic E-state index is 9.68. The number of aromatic amines is 1. The van der Waals surface area contributed by atoms with Gasteiger partial charge < -0.3 is 14.8 Å². The number of anilines is 1. The summed E-state index contributed by atoms with van der Waals surface area (Å²) in [5.74, 6) is 0.987. The molecule has 21 heavy (non-hydrogen) atoms. The van der Waals surface area contributed by atoms with Gasteiger partial charge in [-0.2, -0.15) is 5.10 Å². The predicted molar refractivity (Wildman–Crippen MR) is 77.6 cm³/mol. The Morgan fingerprint density at radius 2 is 2.24 bits per heavy atom. The molecule has 3 rings (SSSR count). The van der Waals surface area contributed by atoms with Crippen molar-refractivity contribution in [2.45, 2.75) is 0 Å². The van der Waals surface area contributed by atoms with Gasteiger partial charge in [-0.25, -0.2) is 15.0 Å². The summed E-state index contributed by atoms with van der Waals surface area (Å²) in [7, 11) is 1.50. The number of nitrogens with zero attached hydrogens (tertiary/aromatic N) is 4. The van der Waals surface area contributed by atoms with Gasteiger partial charge in [0.15, 0.2) is 23.0 Å². The molecule has 0 fully saturated rings. The fourth-order valence-electron chi connectivity index (χ4n) is 1.81. The van der Waals surface area contributed by atoms with Crippen LogP contribution in [0.4, 0.5) is 5.82 Å². The quantitative estimate of drug-likeness (QED) is 0.495. The molecular formula is C13H12N6O2. The van der Waals surface area contributed by atoms with Crippen LogP contribution in [-0.4, -0.2) is 38.4 Å². The van der Waals surface area contributed by atoms with Crippen molar-refractivity contribution in [3.8, 4) is 11.5 Å². The average Bonchev–Trinajstić information content (AvgIpc) is 2.97. The van der Waals surface area contributed by atoms with E-state index in [1.807, 2.05) is 0 Å². The van der Waals surface area contributed by atoms with Crippen LogP contribution in [0.15, 0.2) is 36.0 Å². The van der Waals surface area contributed by atoms with Crippen molar-refractivity contribution in [2.75, 3.05) is 12.5 Å². The second-order valence-electron chi connectivity index (χ2n) is 4.12. The molecule has 0 atom stereocenters. The minimum atomic E-state index is 0.0550. The van der Waals surface area contributed by atoms with Crippen molar-refractivity contribution in [1.82, 2.24) is 19.9 Å². The number of fused-ring (bicyclic) bond motifs is 1. The van der Waals surface area contributed by atoms with E-state index >= 15 is 0 Å². The zero-order valence-corrected chi connectivity index (χ0v) is 11.1. The zero-order valence-electron chi connectivity index (χ0n) is 11.1. The number of methoxy groups -OCH3 is 1. The van der Waals surface area contributed by atoms with Crippen molar-refractivity contribution in [3.05, 3.63) is 36.4 Å². The van der Waals surface area contributed by atoms with Gasteiger partial charge in [0.25, 0.3) is 0 Å². The van der Waals surface area contributed by atoms with Gasteiger partial charge in [-0.15, -0.1) is 0 Å². The first kappa shape index (κ1) is 12.9. The molecule has 2 heterocycles. The Labute approximate surface area is 119 Å². The van der Waals surface area contributed by atoms with Gasteiger partial charge in [0, 0.05) is 0 Å². The van der Waals surface area contributed by atoms with Crippen LogP contribution in [0.1, 0.15) is 5.56 Å². The van der Waals surface area contributed by atoms with Crippen molar-refractivity contribution in [1.29, 1.82) is 0 Å². The third-order valence-corrected chi connectivity index (χ3v) is 2.81. The number of hydrogen-bond donors (Lipinski definition) is 3. The Hall–Kier alpha value is -3.16. The van der Waals surface area contributed by atoms with Crippen LogP contribution in [0, 0.1) is 0 Å². The minimum absolute atomic E-state index is 0.0550. The lowest BCUT2D eigenvalue weighted by Crippen LogP contribution is -1.96. The molecule has 0 saturated heterocycles. The standard InChI is InChI=1S/C13H12N6O2/c1-21-10-3-2-8(4-9(10)20)5-18-19-13-11-12(15-6-14-11)16-7-17-13/h2-7,20H,1H3,(H2,14,15,16,17,19). The normalized spacial score (nSPS) is 11.1. The van der Waals surface area contributed by atoms with Crippen molar-refractivity contribution in [3.63, 3.8) is 0 Å². The second kappa shape index (κ2) is 5.45. The van der Waals surface area contributed by atoms with E-state index in [-0.39, 0.29) is 5.75 Å². The predicted octanol–water partition coefficient (Wildman–Crippen LogP) is 1.51. The molecule has 8 nitrogen and oxygen atoms in total. The number of ether oxygens (including phenoxy) is 1. The molecule has 0 unspecified atom stereocenters. The summed E-state index contributed by atoms with van der Waals surface area (Å²) in [5, 5.41) is 13.8. The first-order valence-corrected chi connectivity index (χ1v) is 6.08. The number of imidazole rings is 1. The van der Waals surface area contributed by atoms with E-state index in [4.69, 9.17) is 4.74 Å². The second-order valence-corrected chi connectivity index (χ2v) is 4.12. The molecule has 2 aromatic heterocycles. The summed E-state index contributed by atoms with van der Waals surface area (Å²) in [4.78, 5) is 15.0. The number of hydrogen-bond acceptors (Lipinski definition) is 7. The molecule has 0 aliphatic rings. The summed E-state index contributed by atoms with van der Waals surface area (Å²) in [6.07, 6.45) is 4.50. The van der Waals surface area contributed by atoms with Crippen LogP contribution in [0.3, 0.4) is 0 Å². The molecule has 0 bridgehead atoms. The highest BCUT2D eigenvalue weighted by atomic mass is 16.5. The smallest absolute Gasteiger partial charge is 0.182 e. The van der Waals surface area contributed by atoms with Gasteiger partial charge in [-0.1, -0.05) is 0 Å². The van der Waals surface area contributed by atoms with E-state index in [0.717, 1.165) is 5.56 Å². The van der Waals surface area contributed by atoms with E-state index in [9.17, 15) is 5.11 Å². The molecule has 0 aliphatic carbocycles. The zero-order chi connectivity index (χ0) is 14.7. The molecule has 1 aromatic carbocycles. The fourth-order valence-corrected chi connectivity index (χ4v) is 1.81. The SMILES string of the molecule is COc1ccc(C=NNc2ncnc3nc[nH]c23)cc1O. The van der Waals surface area contributed by atoms with Crippen molar-refractivity contribution in [2.24, 2.45) is 5.10 Å². The van der Waals surface area contributed by atoms with Crippen LogP contribution in [0.25, 0.3) is 11.2 Å². The highest BCUT2D eigenvalue weighted by Crippen LogP contribution is 2.25. The number of benzene rings is 1. The highest BCUT2D eigenvalue weighted by Gasteiger charge is 2.04. The number of phenolic OH excluding ortho intramolecular Hbond substituents is 1. The van der Waals surface area contributed by atoms with E-state index in [1.54, 1.807) is 24.4 Å². The third-order valence-electron chi connectivity index (χ3n) is 2.81. The van der Waals surface area contributed by atoms with Crippen LogP contribution in [0.2, 0.25) is 0 Å². The van der Waals surface area contributed by atoms with Gasteiger partial charge in [0.05, 0.1) is 19.7 Å². The number of aromatic nitrogens is 4. The monoisotopic (exact) mass is 284 g/mol. The summed E-state index contributed by atoms with van der Waals surface area (Å²) in [5.41, 5.74) is 4.76. The maximum absolute atomic E-state index is 9.68. The molecular weight excluding hydrogens is 272 g/mol. The van der Waals surface area contributed by atoms with Gasteiger partial charge in [0.1, 0.15) is 11.8 Å². The molecule has 3 aromatic rings. The summed E-state index contributed by atoms with van der Waals surface area (Å²) >= 11 is 0. The Morgan fingerprint density at radius 1 is 1.33 bits per heavy atom. The lowest BCUT2D eigenvalue weighted by atomic mass is 10.2. The Balaban J connectivity index is 1.78. The average molecular weight is 284 g/mol. The number of rotatable bonds is 4. The number of H-pyrrole nitrogens is 1. The number of nitrogens with one attached hydrogen (secondary N) is 2. The third kappa shape index (κ3) is 2.59. The van der Waals surface area contributed by atoms with E-state index in [2.05, 4.69) is 30.5 Å². The molecule has 106 valence electrons. The summed E-state index contributed by atoms with van der Waals surface area (Å²) in [6.45, 7) is 0. The molecule has 0 amide bonds. The topological polar surface area (TPSA) is 108 Å². The fraction of sp³-hybridized carbons (Fsp3) is 0.0769. The first-order chi connectivity index (χ1) is 10.3. The summed E-state index contributed by atoms with van der Waals surface area (Å²) in [6, 6.07) is 4.99. The Bertz CT molecular complexity index is 798. The number of aromatic hydroxyl groups is 1. The van der Waals surface area contributed by atoms with Gasteiger partial charge in [-0.3, -0.25) is 5.43 Å². The first-order valence-electron chi connectivity index (χ1n) is 6.08. The molecule has 3 N–H and O–H groups in total. The van der Waals surface area contributed by atoms with Gasteiger partial charge in [-0.05, 0) is 23.8 Å². The number of phenols is 1. The van der Waals surface area contributed by atoms with Gasteiger partial charge in [0.2, 0.25) is 0 Å². The van der Waals surface area contributed by atoms with Crippen LogP contribution >= 0.6 is 0 Å². The van der Waals surface area contributed by atoms with Crippen molar-refractivity contribution >= 4 is 23.2 Å². The molecule has 0 spiro atoms. The van der Waals surface area contributed by atoms with Crippen LogP contribution in [0.5, 0.6) is 11.5 Å². The lowest BCUT2D eigenvalue weighted by Gasteiger charge is -2.03. The largest absolute Gasteiger partial charge is 0.504 e. The number of hydrazone groups is 1. The van der Waals surface area contributed by atoms with E-state index in [1.165, 1.54) is 19.8 Å². The lowest BCUT2D eigenvalue weighted by molar-refractivity contribution is 0.373. The van der Waals surface area contributed by atoms with Crippen LogP contribution < -0.4 is 10.2 Å². The molecule has 0 aliphatic heterocycles. The highest BCUT2D eigenvalue weighted by molar-refractivity contribution is 5.84. The van der Waals surface area contributed by atoms with E-state index < -0.39 is 0 Å². The van der Waals surface area contributed by atoms with Gasteiger partial charge >= 0.3 is 0 Å². The van der Waals surface area contributed by atoms with Crippen molar-refractivity contribution < 1.29 is 9.84 Å². The summed E-state index contributed by atoms with van der Waals surface area (Å²) < 4.78 is 4.97. The van der Waals surface area contributed by atoms with Crippen LogP contribution in [-0.2, 0) is 0 Å². The maximum Gasteiger partial charge on any atom is 0.182 e. The Morgan fingerprint density at radius 3 is 3.05 bits per heavy atom. The molecule has 0 saturated carbocycles. The molecule has 8 heteroatoms. The van der Waals surface area contributed by atoms with E-state index in [0.29, 0.717) is 22.7 Å². The molecule has 0 radical (unpaired) electrons. The Kier molecular flexibility index (Phi) is 3.34.